The van der Waals surface area contributed by atoms with E-state index in [4.69, 9.17) is 9.47 Å². The monoisotopic (exact) mass is 245 g/mol. The van der Waals surface area contributed by atoms with Crippen LogP contribution in [0.5, 0.6) is 0 Å². The van der Waals surface area contributed by atoms with Crippen LogP contribution in [0.15, 0.2) is 0 Å². The van der Waals surface area contributed by atoms with Crippen LogP contribution < -0.4 is 0 Å². The molecular formula is C12H23NO4. The van der Waals surface area contributed by atoms with Crippen LogP contribution in [0.3, 0.4) is 0 Å². The number of hydrogen-bond donors (Lipinski definition) is 1. The molecule has 0 aromatic heterocycles. The number of rotatable bonds is 9. The molecule has 0 radical (unpaired) electrons. The Morgan fingerprint density at radius 3 is 2.65 bits per heavy atom. The molecule has 0 aliphatic carbocycles. The van der Waals surface area contributed by atoms with E-state index in [9.17, 15) is 9.90 Å². The van der Waals surface area contributed by atoms with Crippen molar-refractivity contribution in [2.45, 2.75) is 32.3 Å². The largest absolute Gasteiger partial charge is 0.388 e. The third-order valence-electron chi connectivity index (χ3n) is 2.65. The number of carbonyl (C=O) groups is 1. The van der Waals surface area contributed by atoms with Gasteiger partial charge in [-0.3, -0.25) is 4.79 Å². The van der Waals surface area contributed by atoms with Crippen molar-refractivity contribution in [3.05, 3.63) is 0 Å². The molecule has 0 spiro atoms. The van der Waals surface area contributed by atoms with Crippen LogP contribution in [0.2, 0.25) is 0 Å². The van der Waals surface area contributed by atoms with Gasteiger partial charge in [0.15, 0.2) is 0 Å². The molecule has 100 valence electrons. The summed E-state index contributed by atoms with van der Waals surface area (Å²) < 4.78 is 10.5. The van der Waals surface area contributed by atoms with E-state index in [1.54, 1.807) is 4.90 Å². The van der Waals surface area contributed by atoms with E-state index in [-0.39, 0.29) is 12.5 Å². The van der Waals surface area contributed by atoms with E-state index in [1.807, 2.05) is 6.92 Å². The molecule has 1 rings (SSSR count). The summed E-state index contributed by atoms with van der Waals surface area (Å²) in [5, 5.41) is 9.49. The molecule has 1 saturated heterocycles. The highest BCUT2D eigenvalue weighted by atomic mass is 16.5. The lowest BCUT2D eigenvalue weighted by molar-refractivity contribution is -0.128. The highest BCUT2D eigenvalue weighted by Gasteiger charge is 2.19. The van der Waals surface area contributed by atoms with Gasteiger partial charge in [-0.25, -0.2) is 0 Å². The normalized spacial score (nSPS) is 17.8. The summed E-state index contributed by atoms with van der Waals surface area (Å²) in [6.07, 6.45) is 1.99. The molecule has 0 aromatic carbocycles. The van der Waals surface area contributed by atoms with Crippen molar-refractivity contribution in [1.82, 2.24) is 4.90 Å². The predicted octanol–water partition coefficient (Wildman–Crippen LogP) is 0.413. The number of nitrogens with zero attached hydrogens (tertiary/aromatic N) is 1. The molecule has 5 heteroatoms. The summed E-state index contributed by atoms with van der Waals surface area (Å²) in [6, 6.07) is 0. The van der Waals surface area contributed by atoms with Crippen LogP contribution in [-0.4, -0.2) is 61.5 Å². The number of ether oxygens (including phenoxy) is 2. The van der Waals surface area contributed by atoms with Crippen LogP contribution in [0.25, 0.3) is 0 Å². The van der Waals surface area contributed by atoms with E-state index >= 15 is 0 Å². The van der Waals surface area contributed by atoms with Gasteiger partial charge in [0.2, 0.25) is 5.91 Å². The Kier molecular flexibility index (Phi) is 7.16. The van der Waals surface area contributed by atoms with Crippen LogP contribution in [0.4, 0.5) is 0 Å². The number of aliphatic hydroxyl groups excluding tert-OH is 1. The molecule has 1 N–H and O–H groups in total. The first kappa shape index (κ1) is 14.4. The quantitative estimate of drug-likeness (QED) is 0.598. The molecular weight excluding hydrogens is 222 g/mol. The SMILES string of the molecule is CCCOCC(O)COCCN1CCCC1=O. The Hall–Kier alpha value is -0.650. The van der Waals surface area contributed by atoms with Gasteiger partial charge < -0.3 is 19.5 Å². The first-order chi connectivity index (χ1) is 8.24. The van der Waals surface area contributed by atoms with Crippen molar-refractivity contribution in [3.63, 3.8) is 0 Å². The Morgan fingerprint density at radius 1 is 1.35 bits per heavy atom. The second-order valence-electron chi connectivity index (χ2n) is 4.29. The maximum Gasteiger partial charge on any atom is 0.222 e. The van der Waals surface area contributed by atoms with Crippen molar-refractivity contribution in [1.29, 1.82) is 0 Å². The summed E-state index contributed by atoms with van der Waals surface area (Å²) >= 11 is 0. The minimum atomic E-state index is -0.573. The van der Waals surface area contributed by atoms with Gasteiger partial charge in [0.1, 0.15) is 6.10 Å². The molecule has 1 heterocycles. The fraction of sp³-hybridized carbons (Fsp3) is 0.917. The maximum absolute atomic E-state index is 11.3. The smallest absolute Gasteiger partial charge is 0.222 e. The van der Waals surface area contributed by atoms with E-state index in [2.05, 4.69) is 0 Å². The van der Waals surface area contributed by atoms with Crippen molar-refractivity contribution in [2.24, 2.45) is 0 Å². The highest BCUT2D eigenvalue weighted by Crippen LogP contribution is 2.08. The maximum atomic E-state index is 11.3. The summed E-state index contributed by atoms with van der Waals surface area (Å²) in [6.45, 7) is 5.22. The average molecular weight is 245 g/mol. The average Bonchev–Trinajstić information content (AvgIpc) is 2.71. The zero-order valence-electron chi connectivity index (χ0n) is 10.6. The lowest BCUT2D eigenvalue weighted by atomic mass is 10.4. The van der Waals surface area contributed by atoms with Crippen molar-refractivity contribution in [2.75, 3.05) is 39.5 Å². The summed E-state index contributed by atoms with van der Waals surface area (Å²) in [4.78, 5) is 13.1. The molecule has 1 atom stereocenters. The fourth-order valence-electron chi connectivity index (χ4n) is 1.75. The molecule has 1 unspecified atom stereocenters. The standard InChI is InChI=1S/C12H23NO4/c1-2-7-16-9-11(14)10-17-8-6-13-5-3-4-12(13)15/h11,14H,2-10H2,1H3. The number of amides is 1. The predicted molar refractivity (Wildman–Crippen MR) is 63.7 cm³/mol. The summed E-state index contributed by atoms with van der Waals surface area (Å²) in [7, 11) is 0. The number of hydrogen-bond acceptors (Lipinski definition) is 4. The van der Waals surface area contributed by atoms with Gasteiger partial charge in [0.05, 0.1) is 19.8 Å². The van der Waals surface area contributed by atoms with Gasteiger partial charge in [0, 0.05) is 26.1 Å². The van der Waals surface area contributed by atoms with Gasteiger partial charge in [-0.2, -0.15) is 0 Å². The third kappa shape index (κ3) is 6.00. The topological polar surface area (TPSA) is 59.0 Å². The van der Waals surface area contributed by atoms with Gasteiger partial charge in [-0.15, -0.1) is 0 Å². The van der Waals surface area contributed by atoms with Crippen molar-refractivity contribution < 1.29 is 19.4 Å². The summed E-state index contributed by atoms with van der Waals surface area (Å²) in [5.41, 5.74) is 0. The molecule has 1 fully saturated rings. The molecule has 0 saturated carbocycles. The van der Waals surface area contributed by atoms with Crippen molar-refractivity contribution in [3.8, 4) is 0 Å². The van der Waals surface area contributed by atoms with Crippen LogP contribution in [-0.2, 0) is 14.3 Å². The van der Waals surface area contributed by atoms with Gasteiger partial charge in [0.25, 0.3) is 0 Å². The summed E-state index contributed by atoms with van der Waals surface area (Å²) in [5.74, 6) is 0.209. The molecule has 0 aromatic rings. The van der Waals surface area contributed by atoms with Crippen LogP contribution >= 0.6 is 0 Å². The fourth-order valence-corrected chi connectivity index (χ4v) is 1.75. The first-order valence-corrected chi connectivity index (χ1v) is 6.35. The number of carbonyl (C=O) groups excluding carboxylic acids is 1. The third-order valence-corrected chi connectivity index (χ3v) is 2.65. The van der Waals surface area contributed by atoms with Crippen LogP contribution in [0.1, 0.15) is 26.2 Å². The molecule has 1 aliphatic heterocycles. The molecule has 5 nitrogen and oxygen atoms in total. The lowest BCUT2D eigenvalue weighted by Gasteiger charge is -2.16. The Bertz CT molecular complexity index is 223. The second-order valence-corrected chi connectivity index (χ2v) is 4.29. The van der Waals surface area contributed by atoms with E-state index in [0.717, 1.165) is 19.4 Å². The molecule has 0 bridgehead atoms. The molecule has 17 heavy (non-hydrogen) atoms. The zero-order valence-corrected chi connectivity index (χ0v) is 10.6. The number of aliphatic hydroxyl groups is 1. The minimum absolute atomic E-state index is 0.209. The minimum Gasteiger partial charge on any atom is -0.388 e. The van der Waals surface area contributed by atoms with Crippen LogP contribution in [0, 0.1) is 0 Å². The van der Waals surface area contributed by atoms with Gasteiger partial charge in [-0.1, -0.05) is 6.92 Å². The van der Waals surface area contributed by atoms with Gasteiger partial charge in [-0.05, 0) is 12.8 Å². The molecule has 1 aliphatic rings. The van der Waals surface area contributed by atoms with E-state index < -0.39 is 6.10 Å². The Balaban J connectivity index is 1.94. The number of likely N-dealkylation sites (tertiary alicyclic amines) is 1. The van der Waals surface area contributed by atoms with Crippen molar-refractivity contribution >= 4 is 5.91 Å². The Labute approximate surface area is 103 Å². The zero-order chi connectivity index (χ0) is 12.5. The van der Waals surface area contributed by atoms with Gasteiger partial charge >= 0.3 is 0 Å². The van der Waals surface area contributed by atoms with E-state index in [0.29, 0.717) is 32.8 Å². The highest BCUT2D eigenvalue weighted by molar-refractivity contribution is 5.77. The Morgan fingerprint density at radius 2 is 2.06 bits per heavy atom. The first-order valence-electron chi connectivity index (χ1n) is 6.35. The second kappa shape index (κ2) is 8.44. The van der Waals surface area contributed by atoms with E-state index in [1.165, 1.54) is 0 Å². The lowest BCUT2D eigenvalue weighted by Crippen LogP contribution is -2.30. The molecule has 1 amide bonds.